The molecule has 8 nitrogen and oxygen atoms in total. The zero-order valence-electron chi connectivity index (χ0n) is 16.3. The van der Waals surface area contributed by atoms with E-state index in [2.05, 4.69) is 15.0 Å². The Morgan fingerprint density at radius 3 is 2.47 bits per heavy atom. The Balaban J connectivity index is 1.92. The summed E-state index contributed by atoms with van der Waals surface area (Å²) >= 11 is 0. The molecule has 150 valence electrons. The molecule has 30 heavy (non-hydrogen) atoms. The first-order chi connectivity index (χ1) is 14.5. The molecule has 0 aliphatic carbocycles. The molecule has 2 aromatic heterocycles. The molecule has 0 bridgehead atoms. The van der Waals surface area contributed by atoms with Crippen LogP contribution in [0.1, 0.15) is 17.0 Å². The molecule has 8 heteroatoms. The number of fused-ring (bicyclic) bond motifs is 2. The van der Waals surface area contributed by atoms with E-state index >= 15 is 0 Å². The summed E-state index contributed by atoms with van der Waals surface area (Å²) in [6.45, 7) is 0. The van der Waals surface area contributed by atoms with Gasteiger partial charge in [0.05, 0.1) is 24.1 Å². The Morgan fingerprint density at radius 1 is 0.933 bits per heavy atom. The van der Waals surface area contributed by atoms with Gasteiger partial charge in [-0.15, -0.1) is 0 Å². The summed E-state index contributed by atoms with van der Waals surface area (Å²) < 4.78 is 5.51. The Morgan fingerprint density at radius 2 is 1.67 bits per heavy atom. The van der Waals surface area contributed by atoms with Gasteiger partial charge in [0.15, 0.2) is 0 Å². The number of carbonyl (C=O) groups excluding carboxylic acids is 1. The molecule has 1 amide bonds. The summed E-state index contributed by atoms with van der Waals surface area (Å²) in [5.74, 6) is -0.276. The first kappa shape index (κ1) is 18.0. The fourth-order valence-electron chi connectivity index (χ4n) is 4.27. The van der Waals surface area contributed by atoms with E-state index in [1.165, 1.54) is 0 Å². The third kappa shape index (κ3) is 2.43. The minimum absolute atomic E-state index is 0.154. The molecule has 0 radical (unpaired) electrons. The third-order valence-corrected chi connectivity index (χ3v) is 5.58. The summed E-state index contributed by atoms with van der Waals surface area (Å²) in [7, 11) is 3.27. The van der Waals surface area contributed by atoms with E-state index < -0.39 is 17.2 Å². The normalized spacial score (nSPS) is 15.6. The van der Waals surface area contributed by atoms with Gasteiger partial charge in [0.1, 0.15) is 11.4 Å². The van der Waals surface area contributed by atoms with Crippen molar-refractivity contribution in [1.82, 2.24) is 15.0 Å². The number of hydrogen-bond acceptors (Lipinski definition) is 4. The zero-order chi connectivity index (χ0) is 21.0. The number of rotatable bonds is 3. The topological polar surface area (TPSA) is 111 Å². The molecular weight excluding hydrogens is 384 g/mol. The summed E-state index contributed by atoms with van der Waals surface area (Å²) in [6, 6.07) is 14.8. The van der Waals surface area contributed by atoms with Crippen molar-refractivity contribution in [3.05, 3.63) is 80.5 Å². The van der Waals surface area contributed by atoms with Crippen LogP contribution in [0.15, 0.2) is 58.1 Å². The number of ether oxygens (including phenoxy) is 1. The molecule has 1 aliphatic rings. The van der Waals surface area contributed by atoms with Crippen LogP contribution in [0.5, 0.6) is 5.75 Å². The molecule has 0 spiro atoms. The summed E-state index contributed by atoms with van der Waals surface area (Å²) in [6.07, 6.45) is 0. The highest BCUT2D eigenvalue weighted by molar-refractivity contribution is 6.10. The molecule has 1 atom stereocenters. The highest BCUT2D eigenvalue weighted by Gasteiger charge is 2.40. The van der Waals surface area contributed by atoms with Crippen LogP contribution in [0.25, 0.3) is 22.3 Å². The van der Waals surface area contributed by atoms with Crippen molar-refractivity contribution < 1.29 is 9.53 Å². The highest BCUT2D eigenvalue weighted by atomic mass is 16.5. The molecule has 1 aliphatic heterocycles. The lowest BCUT2D eigenvalue weighted by molar-refractivity contribution is -0.118. The second-order valence-corrected chi connectivity index (χ2v) is 7.16. The van der Waals surface area contributed by atoms with Gasteiger partial charge in [0.2, 0.25) is 5.91 Å². The SMILES string of the molecule is COc1ccccc1-c1[nH]c2[nH]c(=O)[nH]c(=O)c2c1C1C(=O)N(C)c2ccccc21. The molecule has 5 rings (SSSR count). The second kappa shape index (κ2) is 6.48. The number of amides is 1. The largest absolute Gasteiger partial charge is 0.496 e. The van der Waals surface area contributed by atoms with Gasteiger partial charge >= 0.3 is 5.69 Å². The number of hydrogen-bond donors (Lipinski definition) is 3. The van der Waals surface area contributed by atoms with Crippen molar-refractivity contribution in [2.24, 2.45) is 0 Å². The number of anilines is 1. The Kier molecular flexibility index (Phi) is 3.89. The van der Waals surface area contributed by atoms with E-state index in [1.807, 2.05) is 42.5 Å². The van der Waals surface area contributed by atoms with Crippen LogP contribution in [-0.4, -0.2) is 35.0 Å². The quantitative estimate of drug-likeness (QED) is 0.488. The molecule has 3 N–H and O–H groups in total. The van der Waals surface area contributed by atoms with Gasteiger partial charge < -0.3 is 14.6 Å². The number of nitrogens with one attached hydrogen (secondary N) is 3. The molecule has 0 fully saturated rings. The fourth-order valence-corrected chi connectivity index (χ4v) is 4.27. The van der Waals surface area contributed by atoms with Crippen LogP contribution in [-0.2, 0) is 4.79 Å². The van der Waals surface area contributed by atoms with E-state index in [9.17, 15) is 14.4 Å². The van der Waals surface area contributed by atoms with Crippen LogP contribution >= 0.6 is 0 Å². The van der Waals surface area contributed by atoms with E-state index in [4.69, 9.17) is 4.74 Å². The van der Waals surface area contributed by atoms with Crippen molar-refractivity contribution in [1.29, 1.82) is 0 Å². The van der Waals surface area contributed by atoms with Gasteiger partial charge in [0, 0.05) is 23.9 Å². The predicted molar refractivity (Wildman–Crippen MR) is 113 cm³/mol. The van der Waals surface area contributed by atoms with E-state index in [-0.39, 0.29) is 16.9 Å². The average Bonchev–Trinajstić information content (AvgIpc) is 3.23. The monoisotopic (exact) mass is 402 g/mol. The Labute approximate surface area is 170 Å². The number of carbonyl (C=O) groups is 1. The van der Waals surface area contributed by atoms with Gasteiger partial charge in [-0.2, -0.15) is 0 Å². The van der Waals surface area contributed by atoms with Crippen molar-refractivity contribution in [3.63, 3.8) is 0 Å². The molecule has 4 aromatic rings. The van der Waals surface area contributed by atoms with Gasteiger partial charge in [-0.05, 0) is 23.8 Å². The van der Waals surface area contributed by atoms with Crippen LogP contribution in [0, 0.1) is 0 Å². The van der Waals surface area contributed by atoms with E-state index in [0.29, 0.717) is 22.6 Å². The van der Waals surface area contributed by atoms with Crippen molar-refractivity contribution in [2.75, 3.05) is 19.1 Å². The molecule has 0 saturated carbocycles. The fraction of sp³-hybridized carbons (Fsp3) is 0.136. The minimum Gasteiger partial charge on any atom is -0.496 e. The second-order valence-electron chi connectivity index (χ2n) is 7.16. The first-order valence-corrected chi connectivity index (χ1v) is 9.39. The van der Waals surface area contributed by atoms with Crippen molar-refractivity contribution in [2.45, 2.75) is 5.92 Å². The summed E-state index contributed by atoms with van der Waals surface area (Å²) in [5, 5.41) is 0.249. The van der Waals surface area contributed by atoms with Gasteiger partial charge in [-0.3, -0.25) is 19.6 Å². The highest BCUT2D eigenvalue weighted by Crippen LogP contribution is 2.46. The lowest BCUT2D eigenvalue weighted by atomic mass is 9.89. The molecule has 1 unspecified atom stereocenters. The zero-order valence-corrected chi connectivity index (χ0v) is 16.3. The number of nitrogens with zero attached hydrogens (tertiary/aromatic N) is 1. The molecular formula is C22H18N4O4. The number of aromatic amines is 3. The lowest BCUT2D eigenvalue weighted by Crippen LogP contribution is -2.26. The molecule has 3 heterocycles. The number of aromatic nitrogens is 3. The Hall–Kier alpha value is -4.07. The van der Waals surface area contributed by atoms with Gasteiger partial charge in [-0.1, -0.05) is 30.3 Å². The molecule has 2 aromatic carbocycles. The van der Waals surface area contributed by atoms with Crippen LogP contribution < -0.4 is 20.9 Å². The Bertz CT molecular complexity index is 1430. The number of methoxy groups -OCH3 is 1. The maximum absolute atomic E-state index is 13.3. The number of likely N-dealkylation sites (N-methyl/N-ethyl adjacent to an activating group) is 1. The standard InChI is InChI=1S/C22H18N4O4/c1-26-13-9-5-3-7-11(13)15(21(26)28)16-17-19(24-22(29)25-20(17)27)23-18(16)12-8-4-6-10-14(12)30-2/h3-10,15H,1-2H3,(H3,23,24,25,27,29). The smallest absolute Gasteiger partial charge is 0.327 e. The number of para-hydroxylation sites is 2. The van der Waals surface area contributed by atoms with Crippen LogP contribution in [0.2, 0.25) is 0 Å². The van der Waals surface area contributed by atoms with Gasteiger partial charge in [-0.25, -0.2) is 4.79 Å². The van der Waals surface area contributed by atoms with Gasteiger partial charge in [0.25, 0.3) is 5.56 Å². The maximum Gasteiger partial charge on any atom is 0.327 e. The lowest BCUT2D eigenvalue weighted by Gasteiger charge is -2.14. The maximum atomic E-state index is 13.3. The van der Waals surface area contributed by atoms with Crippen LogP contribution in [0.4, 0.5) is 5.69 Å². The average molecular weight is 402 g/mol. The van der Waals surface area contributed by atoms with Crippen LogP contribution in [0.3, 0.4) is 0 Å². The number of H-pyrrole nitrogens is 3. The van der Waals surface area contributed by atoms with E-state index in [0.717, 1.165) is 11.3 Å². The summed E-state index contributed by atoms with van der Waals surface area (Å²) in [4.78, 5) is 47.7. The third-order valence-electron chi connectivity index (χ3n) is 5.58. The predicted octanol–water partition coefficient (Wildman–Crippen LogP) is 2.33. The first-order valence-electron chi connectivity index (χ1n) is 9.39. The van der Waals surface area contributed by atoms with Crippen molar-refractivity contribution >= 4 is 22.6 Å². The summed E-state index contributed by atoms with van der Waals surface area (Å²) in [5.41, 5.74) is 2.42. The molecule has 0 saturated heterocycles. The minimum atomic E-state index is -0.702. The number of benzene rings is 2. The van der Waals surface area contributed by atoms with E-state index in [1.54, 1.807) is 25.1 Å². The van der Waals surface area contributed by atoms with Crippen molar-refractivity contribution in [3.8, 4) is 17.0 Å².